The molecule has 0 aliphatic heterocycles. The minimum atomic E-state index is -0.222. The van der Waals surface area contributed by atoms with Crippen LogP contribution in [0.25, 0.3) is 22.8 Å². The molecule has 0 radical (unpaired) electrons. The van der Waals surface area contributed by atoms with Crippen LogP contribution in [0.2, 0.25) is 0 Å². The molecular weight excluding hydrogens is 425 g/mol. The van der Waals surface area contributed by atoms with Crippen LogP contribution in [-0.2, 0) is 11.2 Å². The van der Waals surface area contributed by atoms with Gasteiger partial charge in [-0.3, -0.25) is 4.79 Å². The number of rotatable bonds is 7. The Morgan fingerprint density at radius 1 is 1.06 bits per heavy atom. The summed E-state index contributed by atoms with van der Waals surface area (Å²) in [6.07, 6.45) is 7.89. The Morgan fingerprint density at radius 2 is 1.85 bits per heavy atom. The first-order valence-corrected chi connectivity index (χ1v) is 12.1. The highest BCUT2D eigenvalue weighted by Gasteiger charge is 2.37. The maximum Gasteiger partial charge on any atom is 0.213 e. The van der Waals surface area contributed by atoms with Crippen molar-refractivity contribution in [2.24, 2.45) is 11.8 Å². The van der Waals surface area contributed by atoms with Gasteiger partial charge < -0.3 is 4.74 Å². The maximum atomic E-state index is 15.3. The van der Waals surface area contributed by atoms with Crippen molar-refractivity contribution >= 4 is 17.4 Å². The Labute approximate surface area is 200 Å². The second-order valence-corrected chi connectivity index (χ2v) is 9.67. The average molecular weight is 456 g/mol. The fourth-order valence-electron chi connectivity index (χ4n) is 5.26. The third kappa shape index (κ3) is 4.42. The van der Waals surface area contributed by atoms with E-state index < -0.39 is 0 Å². The van der Waals surface area contributed by atoms with Crippen molar-refractivity contribution in [2.45, 2.75) is 45.4 Å². The quantitative estimate of drug-likeness (QED) is 0.381. The van der Waals surface area contributed by atoms with Gasteiger partial charge in [0.1, 0.15) is 11.6 Å². The predicted octanol–water partition coefficient (Wildman–Crippen LogP) is 7.10. The lowest BCUT2D eigenvalue weighted by Gasteiger charge is -2.25. The summed E-state index contributed by atoms with van der Waals surface area (Å²) in [4.78, 5) is 16.3. The van der Waals surface area contributed by atoms with Crippen LogP contribution in [0.3, 0.4) is 0 Å². The molecule has 3 aromatic rings. The van der Waals surface area contributed by atoms with Gasteiger partial charge in [-0.1, -0.05) is 43.3 Å². The largest absolute Gasteiger partial charge is 0.481 e. The van der Waals surface area contributed by atoms with Gasteiger partial charge >= 0.3 is 0 Å². The number of carbonyl (C=O) groups excluding carboxylic acids is 1. The fourth-order valence-corrected chi connectivity index (χ4v) is 5.26. The Hall–Kier alpha value is -3.27. The Kier molecular flexibility index (Phi) is 6.07. The summed E-state index contributed by atoms with van der Waals surface area (Å²) in [6.45, 7) is 3.76. The Balaban J connectivity index is 1.46. The van der Waals surface area contributed by atoms with E-state index in [1.54, 1.807) is 26.3 Å². The van der Waals surface area contributed by atoms with Crippen molar-refractivity contribution in [3.05, 3.63) is 82.8 Å². The van der Waals surface area contributed by atoms with Crippen molar-refractivity contribution < 1.29 is 13.9 Å². The molecule has 1 heterocycles. The second-order valence-electron chi connectivity index (χ2n) is 9.67. The zero-order valence-corrected chi connectivity index (χ0v) is 20.0. The molecule has 1 saturated carbocycles. The zero-order valence-electron chi connectivity index (χ0n) is 20.0. The highest BCUT2D eigenvalue weighted by atomic mass is 19.1. The standard InChI is InChI=1S/C30H30FNO2/c1-18(19(2)33)30(21-6-7-21)25-9-5-20-4-8-24(14-26(20)15-25)27-11-10-22(16-28(27)31)23-12-13-32-29(17-23)34-3/h5,9-18,21,30H,4,6-8H2,1-3H3/t18-,30+/m0/s1. The first-order chi connectivity index (χ1) is 16.4. The molecule has 2 aliphatic carbocycles. The van der Waals surface area contributed by atoms with E-state index in [9.17, 15) is 4.79 Å². The van der Waals surface area contributed by atoms with E-state index >= 15 is 4.39 Å². The number of Topliss-reactive ketones (excluding diaryl/α,β-unsaturated/α-hetero) is 1. The Bertz CT molecular complexity index is 1270. The lowest BCUT2D eigenvalue weighted by Crippen LogP contribution is -2.19. The molecule has 2 aliphatic rings. The predicted molar refractivity (Wildman–Crippen MR) is 134 cm³/mol. The number of nitrogens with zero attached hydrogens (tertiary/aromatic N) is 1. The summed E-state index contributed by atoms with van der Waals surface area (Å²) in [5, 5.41) is 0. The monoisotopic (exact) mass is 455 g/mol. The first kappa shape index (κ1) is 22.5. The van der Waals surface area contributed by atoms with Crippen molar-refractivity contribution in [3.8, 4) is 17.0 Å². The van der Waals surface area contributed by atoms with Crippen LogP contribution in [-0.4, -0.2) is 17.9 Å². The highest BCUT2D eigenvalue weighted by Crippen LogP contribution is 2.47. The number of carbonyl (C=O) groups is 1. The lowest BCUT2D eigenvalue weighted by atomic mass is 9.79. The number of ether oxygens (including phenoxy) is 1. The third-order valence-electron chi connectivity index (χ3n) is 7.45. The van der Waals surface area contributed by atoms with Gasteiger partial charge in [-0.05, 0) is 90.0 Å². The van der Waals surface area contributed by atoms with Crippen LogP contribution < -0.4 is 4.74 Å². The topological polar surface area (TPSA) is 39.2 Å². The van der Waals surface area contributed by atoms with Crippen molar-refractivity contribution in [2.75, 3.05) is 7.11 Å². The van der Waals surface area contributed by atoms with E-state index in [0.29, 0.717) is 17.4 Å². The molecule has 2 atom stereocenters. The third-order valence-corrected chi connectivity index (χ3v) is 7.45. The number of aromatic nitrogens is 1. The summed E-state index contributed by atoms with van der Waals surface area (Å²) < 4.78 is 20.5. The van der Waals surface area contributed by atoms with E-state index in [4.69, 9.17) is 4.74 Å². The second kappa shape index (κ2) is 9.17. The molecule has 0 spiro atoms. The van der Waals surface area contributed by atoms with Gasteiger partial charge in [-0.2, -0.15) is 0 Å². The van der Waals surface area contributed by atoms with Gasteiger partial charge in [-0.25, -0.2) is 9.37 Å². The number of fused-ring (bicyclic) bond motifs is 1. The fraction of sp³-hybridized carbons (Fsp3) is 0.333. The number of benzene rings is 2. The molecule has 1 aromatic heterocycles. The van der Waals surface area contributed by atoms with E-state index in [-0.39, 0.29) is 23.4 Å². The van der Waals surface area contributed by atoms with E-state index in [1.807, 2.05) is 24.3 Å². The van der Waals surface area contributed by atoms with Crippen LogP contribution in [0.5, 0.6) is 5.88 Å². The first-order valence-electron chi connectivity index (χ1n) is 12.1. The van der Waals surface area contributed by atoms with Gasteiger partial charge in [0.25, 0.3) is 0 Å². The maximum absolute atomic E-state index is 15.3. The number of aryl methyl sites for hydroxylation is 1. The van der Waals surface area contributed by atoms with Crippen LogP contribution in [0.4, 0.5) is 4.39 Å². The number of halogens is 1. The normalized spacial score (nSPS) is 16.9. The van der Waals surface area contributed by atoms with Crippen molar-refractivity contribution in [3.63, 3.8) is 0 Å². The molecule has 2 aromatic carbocycles. The average Bonchev–Trinajstić information content (AvgIpc) is 3.68. The molecule has 4 heteroatoms. The minimum absolute atomic E-state index is 0.0226. The molecule has 0 bridgehead atoms. The van der Waals surface area contributed by atoms with E-state index in [1.165, 1.54) is 24.0 Å². The lowest BCUT2D eigenvalue weighted by molar-refractivity contribution is -0.121. The smallest absolute Gasteiger partial charge is 0.213 e. The Morgan fingerprint density at radius 3 is 2.56 bits per heavy atom. The summed E-state index contributed by atoms with van der Waals surface area (Å²) >= 11 is 0. The molecule has 0 N–H and O–H groups in total. The summed E-state index contributed by atoms with van der Waals surface area (Å²) in [7, 11) is 1.57. The molecular formula is C30H30FNO2. The summed E-state index contributed by atoms with van der Waals surface area (Å²) in [5.74, 6) is 1.43. The zero-order chi connectivity index (χ0) is 23.8. The highest BCUT2D eigenvalue weighted by molar-refractivity contribution is 5.86. The van der Waals surface area contributed by atoms with Crippen molar-refractivity contribution in [1.29, 1.82) is 0 Å². The number of hydrogen-bond donors (Lipinski definition) is 0. The van der Waals surface area contributed by atoms with E-state index in [0.717, 1.165) is 35.1 Å². The number of ketones is 1. The van der Waals surface area contributed by atoms with Gasteiger partial charge in [0, 0.05) is 23.7 Å². The SMILES string of the molecule is COc1cc(-c2ccc(C3=Cc4cc([C@@H](C5CC5)[C@@H](C)C(C)=O)ccc4CC3)c(F)c2)ccn1. The molecule has 5 rings (SSSR count). The molecule has 1 fully saturated rings. The molecule has 34 heavy (non-hydrogen) atoms. The van der Waals surface area contributed by atoms with Crippen LogP contribution >= 0.6 is 0 Å². The molecule has 174 valence electrons. The molecule has 3 nitrogen and oxygen atoms in total. The number of methoxy groups -OCH3 is 1. The number of allylic oxidation sites excluding steroid dienone is 1. The molecule has 0 amide bonds. The molecule has 0 saturated heterocycles. The van der Waals surface area contributed by atoms with Gasteiger partial charge in [0.05, 0.1) is 7.11 Å². The van der Waals surface area contributed by atoms with Crippen molar-refractivity contribution in [1.82, 2.24) is 4.98 Å². The summed E-state index contributed by atoms with van der Waals surface area (Å²) in [6, 6.07) is 15.7. The molecule has 0 unspecified atom stereocenters. The van der Waals surface area contributed by atoms with Gasteiger partial charge in [0.15, 0.2) is 0 Å². The van der Waals surface area contributed by atoms with Crippen LogP contribution in [0, 0.1) is 17.7 Å². The van der Waals surface area contributed by atoms with Crippen LogP contribution in [0.1, 0.15) is 61.3 Å². The van der Waals surface area contributed by atoms with Gasteiger partial charge in [0.2, 0.25) is 5.88 Å². The summed E-state index contributed by atoms with van der Waals surface area (Å²) in [5.41, 5.74) is 7.02. The van der Waals surface area contributed by atoms with E-state index in [2.05, 4.69) is 36.2 Å². The number of pyridine rings is 1. The van der Waals surface area contributed by atoms with Gasteiger partial charge in [-0.15, -0.1) is 0 Å². The van der Waals surface area contributed by atoms with Crippen LogP contribution in [0.15, 0.2) is 54.7 Å². The number of hydrogen-bond acceptors (Lipinski definition) is 3. The minimum Gasteiger partial charge on any atom is -0.481 e.